The predicted molar refractivity (Wildman–Crippen MR) is 60.7 cm³/mol. The summed E-state index contributed by atoms with van der Waals surface area (Å²) in [5.41, 5.74) is 1.10. The molecule has 1 aromatic carbocycles. The minimum Gasteiger partial charge on any atom is -0.389 e. The van der Waals surface area contributed by atoms with Crippen molar-refractivity contribution >= 4 is 0 Å². The molecule has 1 nitrogen and oxygen atoms in total. The molecule has 15 heavy (non-hydrogen) atoms. The van der Waals surface area contributed by atoms with Crippen LogP contribution in [-0.4, -0.2) is 10.7 Å². The zero-order valence-corrected chi connectivity index (χ0v) is 9.24. The van der Waals surface area contributed by atoms with E-state index in [0.717, 1.165) is 12.8 Å². The first-order valence-corrected chi connectivity index (χ1v) is 6.01. The Morgan fingerprint density at radius 3 is 2.40 bits per heavy atom. The van der Waals surface area contributed by atoms with Crippen molar-refractivity contribution in [1.29, 1.82) is 0 Å². The van der Waals surface area contributed by atoms with Crippen molar-refractivity contribution in [3.63, 3.8) is 0 Å². The highest BCUT2D eigenvalue weighted by Crippen LogP contribution is 2.68. The summed E-state index contributed by atoms with van der Waals surface area (Å²) < 4.78 is 0. The van der Waals surface area contributed by atoms with Crippen LogP contribution in [0.5, 0.6) is 0 Å². The predicted octanol–water partition coefficient (Wildman–Crippen LogP) is 2.88. The largest absolute Gasteiger partial charge is 0.389 e. The van der Waals surface area contributed by atoms with E-state index in [0.29, 0.717) is 5.92 Å². The number of hydrogen-bond acceptors (Lipinski definition) is 1. The molecular formula is C14H18O. The highest BCUT2D eigenvalue weighted by molar-refractivity contribution is 5.40. The van der Waals surface area contributed by atoms with E-state index in [1.807, 2.05) is 6.07 Å². The summed E-state index contributed by atoms with van der Waals surface area (Å²) in [5, 5.41) is 10.6. The minimum absolute atomic E-state index is 0.120. The molecule has 2 saturated carbocycles. The zero-order valence-electron chi connectivity index (χ0n) is 9.24. The van der Waals surface area contributed by atoms with Crippen molar-refractivity contribution < 1.29 is 5.11 Å². The Labute approximate surface area is 91.1 Å². The summed E-state index contributed by atoms with van der Waals surface area (Å²) in [5.74, 6) is 0.542. The second kappa shape index (κ2) is 2.85. The van der Waals surface area contributed by atoms with Gasteiger partial charge in [0.1, 0.15) is 0 Å². The summed E-state index contributed by atoms with van der Waals surface area (Å²) in [6.07, 6.45) is 4.47. The Hall–Kier alpha value is -0.820. The Kier molecular flexibility index (Phi) is 1.79. The molecule has 1 aromatic rings. The maximum atomic E-state index is 10.6. The maximum Gasteiger partial charge on any atom is 0.0776 e. The lowest BCUT2D eigenvalue weighted by molar-refractivity contribution is 0.0867. The topological polar surface area (TPSA) is 20.2 Å². The number of rotatable bonds is 3. The van der Waals surface area contributed by atoms with Gasteiger partial charge in [0, 0.05) is 5.41 Å². The molecule has 2 fully saturated rings. The molecule has 3 rings (SSSR count). The van der Waals surface area contributed by atoms with Crippen LogP contribution in [0.2, 0.25) is 0 Å². The molecule has 0 amide bonds. The van der Waals surface area contributed by atoms with E-state index in [2.05, 4.69) is 31.2 Å². The van der Waals surface area contributed by atoms with Crippen LogP contribution in [0, 0.1) is 5.92 Å². The highest BCUT2D eigenvalue weighted by Gasteiger charge is 2.70. The molecule has 80 valence electrons. The van der Waals surface area contributed by atoms with Crippen LogP contribution < -0.4 is 0 Å². The first-order valence-electron chi connectivity index (χ1n) is 6.01. The molecule has 1 heteroatoms. The molecule has 2 unspecified atom stereocenters. The van der Waals surface area contributed by atoms with Crippen LogP contribution in [0.25, 0.3) is 0 Å². The zero-order chi connectivity index (χ0) is 10.5. The third kappa shape index (κ3) is 1.13. The summed E-state index contributed by atoms with van der Waals surface area (Å²) in [4.78, 5) is 0. The van der Waals surface area contributed by atoms with E-state index in [1.54, 1.807) is 0 Å². The van der Waals surface area contributed by atoms with Gasteiger partial charge in [-0.05, 0) is 30.7 Å². The molecule has 0 spiro atoms. The lowest BCUT2D eigenvalue weighted by Gasteiger charge is -2.23. The first-order chi connectivity index (χ1) is 7.23. The average Bonchev–Trinajstić information content (AvgIpc) is 3.14. The lowest BCUT2D eigenvalue weighted by atomic mass is 9.86. The fraction of sp³-hybridized carbons (Fsp3) is 0.571. The quantitative estimate of drug-likeness (QED) is 0.799. The van der Waals surface area contributed by atoms with Gasteiger partial charge in [0.25, 0.3) is 0 Å². The summed E-state index contributed by atoms with van der Waals surface area (Å²) >= 11 is 0. The fourth-order valence-electron chi connectivity index (χ4n) is 3.24. The van der Waals surface area contributed by atoms with Crippen molar-refractivity contribution in [1.82, 2.24) is 0 Å². The average molecular weight is 202 g/mol. The van der Waals surface area contributed by atoms with Crippen LogP contribution in [0.3, 0.4) is 0 Å². The SMILES string of the molecule is CCC1CC1(O)C1(c2ccccc2)CC1. The van der Waals surface area contributed by atoms with Gasteiger partial charge in [0.15, 0.2) is 0 Å². The molecule has 0 bridgehead atoms. The molecule has 0 saturated heterocycles. The minimum atomic E-state index is -0.372. The molecule has 2 aliphatic carbocycles. The van der Waals surface area contributed by atoms with Crippen LogP contribution in [-0.2, 0) is 5.41 Å². The van der Waals surface area contributed by atoms with E-state index in [-0.39, 0.29) is 11.0 Å². The van der Waals surface area contributed by atoms with Crippen molar-refractivity contribution in [3.8, 4) is 0 Å². The summed E-state index contributed by atoms with van der Waals surface area (Å²) in [7, 11) is 0. The third-order valence-electron chi connectivity index (χ3n) is 4.47. The van der Waals surface area contributed by atoms with Gasteiger partial charge >= 0.3 is 0 Å². The molecule has 0 heterocycles. The number of aliphatic hydroxyl groups is 1. The Bertz CT molecular complexity index is 366. The second-order valence-corrected chi connectivity index (χ2v) is 5.18. The van der Waals surface area contributed by atoms with E-state index in [4.69, 9.17) is 0 Å². The van der Waals surface area contributed by atoms with Gasteiger partial charge in [-0.15, -0.1) is 0 Å². The van der Waals surface area contributed by atoms with Crippen molar-refractivity contribution in [3.05, 3.63) is 35.9 Å². The van der Waals surface area contributed by atoms with E-state index in [9.17, 15) is 5.11 Å². The van der Waals surface area contributed by atoms with Gasteiger partial charge in [-0.3, -0.25) is 0 Å². The van der Waals surface area contributed by atoms with E-state index in [1.165, 1.54) is 18.4 Å². The monoisotopic (exact) mass is 202 g/mol. The van der Waals surface area contributed by atoms with Crippen molar-refractivity contribution in [2.45, 2.75) is 43.6 Å². The smallest absolute Gasteiger partial charge is 0.0776 e. The molecule has 0 aliphatic heterocycles. The van der Waals surface area contributed by atoms with Crippen LogP contribution in [0.15, 0.2) is 30.3 Å². The van der Waals surface area contributed by atoms with E-state index < -0.39 is 0 Å². The second-order valence-electron chi connectivity index (χ2n) is 5.18. The molecule has 1 N–H and O–H groups in total. The molecule has 0 radical (unpaired) electrons. The molecule has 0 aromatic heterocycles. The van der Waals surface area contributed by atoms with Gasteiger partial charge in [-0.1, -0.05) is 43.7 Å². The van der Waals surface area contributed by atoms with E-state index >= 15 is 0 Å². The van der Waals surface area contributed by atoms with Crippen LogP contribution in [0.4, 0.5) is 0 Å². The number of hydrogen-bond donors (Lipinski definition) is 1. The Balaban J connectivity index is 1.93. The van der Waals surface area contributed by atoms with Crippen molar-refractivity contribution in [2.24, 2.45) is 5.92 Å². The Morgan fingerprint density at radius 2 is 1.93 bits per heavy atom. The molecule has 2 aliphatic rings. The summed E-state index contributed by atoms with van der Waals surface area (Å²) in [6.45, 7) is 2.18. The van der Waals surface area contributed by atoms with Gasteiger partial charge in [0.05, 0.1) is 5.60 Å². The number of benzene rings is 1. The van der Waals surface area contributed by atoms with Gasteiger partial charge in [-0.25, -0.2) is 0 Å². The van der Waals surface area contributed by atoms with Gasteiger partial charge in [-0.2, -0.15) is 0 Å². The Morgan fingerprint density at radius 1 is 1.27 bits per heavy atom. The van der Waals surface area contributed by atoms with Gasteiger partial charge < -0.3 is 5.11 Å². The highest BCUT2D eigenvalue weighted by atomic mass is 16.3. The normalized spacial score (nSPS) is 36.3. The first kappa shape index (κ1) is 9.41. The van der Waals surface area contributed by atoms with Gasteiger partial charge in [0.2, 0.25) is 0 Å². The standard InChI is InChI=1S/C14H18O/c1-2-11-10-14(11,15)13(8-9-13)12-6-4-3-5-7-12/h3-7,11,15H,2,8-10H2,1H3. The lowest BCUT2D eigenvalue weighted by Crippen LogP contribution is -2.30. The molecule has 2 atom stereocenters. The van der Waals surface area contributed by atoms with Crippen molar-refractivity contribution in [2.75, 3.05) is 0 Å². The fourth-order valence-corrected chi connectivity index (χ4v) is 3.24. The van der Waals surface area contributed by atoms with Crippen LogP contribution >= 0.6 is 0 Å². The summed E-state index contributed by atoms with van der Waals surface area (Å²) in [6, 6.07) is 10.6. The molecular weight excluding hydrogens is 184 g/mol. The maximum absolute atomic E-state index is 10.6. The van der Waals surface area contributed by atoms with Crippen LogP contribution in [0.1, 0.15) is 38.2 Å². The third-order valence-corrected chi connectivity index (χ3v) is 4.47.